The van der Waals surface area contributed by atoms with E-state index in [0.29, 0.717) is 23.6 Å². The normalized spacial score (nSPS) is 20.7. The molecule has 1 unspecified atom stereocenters. The predicted octanol–water partition coefficient (Wildman–Crippen LogP) is 5.62. The molecule has 0 saturated carbocycles. The number of nitrogens with zero attached hydrogens (tertiary/aromatic N) is 3. The highest BCUT2D eigenvalue weighted by molar-refractivity contribution is 6.31. The van der Waals surface area contributed by atoms with Gasteiger partial charge in [-0.05, 0) is 48.6 Å². The van der Waals surface area contributed by atoms with E-state index < -0.39 is 48.0 Å². The van der Waals surface area contributed by atoms with Crippen LogP contribution in [-0.4, -0.2) is 133 Å². The number of likely N-dealkylation sites (tertiary alicyclic amines) is 1. The standard InChI is InChI=1S/C44H71ClN4O8/c1-11-29(6)41(47(8)43(53)33(27(2)3)25-37(51)40(28(4)5)48-21-18-46-19-22-48)38(56-9)26-39(52)49-20-14-17-35(49)42(57-10)30(7)36(50)24-32(44(54)55)23-31-15-12-13-16-34(31)45/h12-13,15-16,27-30,32-33,35,38,40-42,46H,11,14,17-26H2,1-10H3,(H,54,55)/t29-,30-,32+,33-,35-,38?,40-,41-,42+/m0/s1. The second kappa shape index (κ2) is 23.0. The molecular formula is C44H71ClN4O8. The summed E-state index contributed by atoms with van der Waals surface area (Å²) in [4.78, 5) is 74.4. The molecule has 57 heavy (non-hydrogen) atoms. The van der Waals surface area contributed by atoms with Crippen molar-refractivity contribution in [1.29, 1.82) is 0 Å². The fourth-order valence-electron chi connectivity index (χ4n) is 9.11. The quantitative estimate of drug-likeness (QED) is 0.143. The number of carboxylic acid groups (broad SMARTS) is 1. The summed E-state index contributed by atoms with van der Waals surface area (Å²) in [6.07, 6.45) is 0.913. The molecule has 9 atom stereocenters. The maximum absolute atomic E-state index is 14.5. The second-order valence-corrected chi connectivity index (χ2v) is 17.5. The Morgan fingerprint density at radius 2 is 1.56 bits per heavy atom. The van der Waals surface area contributed by atoms with E-state index in [9.17, 15) is 29.1 Å². The summed E-state index contributed by atoms with van der Waals surface area (Å²) < 4.78 is 12.0. The van der Waals surface area contributed by atoms with Crippen LogP contribution in [0.3, 0.4) is 0 Å². The molecule has 2 aliphatic rings. The number of methoxy groups -OCH3 is 2. The van der Waals surface area contributed by atoms with Crippen molar-refractivity contribution >= 4 is 41.0 Å². The summed E-state index contributed by atoms with van der Waals surface area (Å²) in [5.41, 5.74) is 0.664. The van der Waals surface area contributed by atoms with Crippen molar-refractivity contribution in [3.05, 3.63) is 34.9 Å². The second-order valence-electron chi connectivity index (χ2n) is 17.1. The number of amides is 2. The van der Waals surface area contributed by atoms with Gasteiger partial charge < -0.3 is 29.7 Å². The molecule has 322 valence electrons. The number of aliphatic carboxylic acids is 1. The van der Waals surface area contributed by atoms with E-state index in [0.717, 1.165) is 39.0 Å². The van der Waals surface area contributed by atoms with Gasteiger partial charge in [0.15, 0.2) is 5.78 Å². The van der Waals surface area contributed by atoms with Gasteiger partial charge >= 0.3 is 5.97 Å². The Balaban J connectivity index is 1.78. The number of Topliss-reactive ketones (excluding diaryl/α,β-unsaturated/α-hetero) is 2. The number of hydrogen-bond acceptors (Lipinski definition) is 9. The van der Waals surface area contributed by atoms with Gasteiger partial charge in [-0.15, -0.1) is 0 Å². The van der Waals surface area contributed by atoms with Gasteiger partial charge in [-0.2, -0.15) is 0 Å². The van der Waals surface area contributed by atoms with Crippen molar-refractivity contribution in [3.63, 3.8) is 0 Å². The Bertz CT molecular complexity index is 1490. The number of likely N-dealkylation sites (N-methyl/N-ethyl adjacent to an activating group) is 1. The van der Waals surface area contributed by atoms with E-state index in [2.05, 4.69) is 37.9 Å². The van der Waals surface area contributed by atoms with Gasteiger partial charge in [-0.3, -0.25) is 28.9 Å². The highest BCUT2D eigenvalue weighted by Crippen LogP contribution is 2.32. The first kappa shape index (κ1) is 48.5. The SMILES string of the molecule is CC[C@H](C)[C@@H](C(CC(=O)N1CCC[C@H]1[C@H](OC)[C@@H](C)C(=O)C[C@@H](Cc1ccccc1Cl)C(=O)O)OC)N(C)C(=O)[C@@H](CC(=O)[C@H](C(C)C)N1CCNCC1)C(C)C. The molecule has 2 N–H and O–H groups in total. The van der Waals surface area contributed by atoms with Crippen molar-refractivity contribution in [2.75, 3.05) is 54.0 Å². The molecule has 1 aromatic rings. The molecule has 0 aliphatic carbocycles. The number of ether oxygens (including phenoxy) is 2. The monoisotopic (exact) mass is 818 g/mol. The van der Waals surface area contributed by atoms with Gasteiger partial charge in [0.1, 0.15) is 5.78 Å². The lowest BCUT2D eigenvalue weighted by atomic mass is 9.83. The minimum Gasteiger partial charge on any atom is -0.481 e. The third-order valence-corrected chi connectivity index (χ3v) is 13.0. The summed E-state index contributed by atoms with van der Waals surface area (Å²) >= 11 is 6.31. The molecule has 0 radical (unpaired) electrons. The lowest BCUT2D eigenvalue weighted by Gasteiger charge is -2.41. The number of ketones is 2. The van der Waals surface area contributed by atoms with E-state index in [1.165, 1.54) is 7.11 Å². The van der Waals surface area contributed by atoms with Crippen LogP contribution in [0.15, 0.2) is 24.3 Å². The Labute approximate surface area is 346 Å². The lowest BCUT2D eigenvalue weighted by molar-refractivity contribution is -0.149. The number of piperazine rings is 1. The van der Waals surface area contributed by atoms with Crippen molar-refractivity contribution in [1.82, 2.24) is 20.0 Å². The summed E-state index contributed by atoms with van der Waals surface area (Å²) in [5.74, 6) is -3.67. The molecule has 2 saturated heterocycles. The maximum Gasteiger partial charge on any atom is 0.307 e. The van der Waals surface area contributed by atoms with E-state index >= 15 is 0 Å². The molecule has 13 heteroatoms. The lowest BCUT2D eigenvalue weighted by Crippen LogP contribution is -2.55. The van der Waals surface area contributed by atoms with Crippen LogP contribution in [-0.2, 0) is 39.9 Å². The van der Waals surface area contributed by atoms with Crippen LogP contribution in [0.2, 0.25) is 5.02 Å². The van der Waals surface area contributed by atoms with Gasteiger partial charge in [0.2, 0.25) is 11.8 Å². The molecule has 0 aromatic heterocycles. The maximum atomic E-state index is 14.5. The fraction of sp³-hybridized carbons (Fsp3) is 0.750. The topological polar surface area (TPSA) is 146 Å². The van der Waals surface area contributed by atoms with Gasteiger partial charge in [-0.1, -0.05) is 84.7 Å². The van der Waals surface area contributed by atoms with Crippen LogP contribution in [0, 0.1) is 35.5 Å². The van der Waals surface area contributed by atoms with E-state index in [1.807, 2.05) is 13.8 Å². The molecule has 2 aliphatic heterocycles. The number of hydrogen-bond donors (Lipinski definition) is 2. The molecule has 1 aromatic carbocycles. The number of rotatable bonds is 23. The molecule has 0 spiro atoms. The summed E-state index contributed by atoms with van der Waals surface area (Å²) in [5, 5.41) is 13.8. The summed E-state index contributed by atoms with van der Waals surface area (Å²) in [6, 6.07) is 5.94. The molecule has 12 nitrogen and oxygen atoms in total. The van der Waals surface area contributed by atoms with E-state index in [1.54, 1.807) is 55.1 Å². The van der Waals surface area contributed by atoms with Gasteiger partial charge in [0.05, 0.1) is 42.7 Å². The molecule has 0 bridgehead atoms. The molecule has 2 amide bonds. The first-order valence-corrected chi connectivity index (χ1v) is 21.4. The van der Waals surface area contributed by atoms with Crippen molar-refractivity contribution in [3.8, 4) is 0 Å². The number of carbonyl (C=O) groups excluding carboxylic acids is 4. The van der Waals surface area contributed by atoms with Gasteiger partial charge in [0, 0.05) is 83.7 Å². The van der Waals surface area contributed by atoms with Crippen LogP contribution in [0.1, 0.15) is 92.6 Å². The van der Waals surface area contributed by atoms with E-state index in [-0.39, 0.29) is 72.9 Å². The minimum absolute atomic E-state index is 0.0149. The number of nitrogens with one attached hydrogen (secondary N) is 1. The number of carboxylic acids is 1. The average molecular weight is 820 g/mol. The third kappa shape index (κ3) is 12.8. The zero-order chi connectivity index (χ0) is 42.6. The van der Waals surface area contributed by atoms with Crippen LogP contribution in [0.5, 0.6) is 0 Å². The van der Waals surface area contributed by atoms with Crippen LogP contribution in [0.25, 0.3) is 0 Å². The Morgan fingerprint density at radius 3 is 2.11 bits per heavy atom. The highest BCUT2D eigenvalue weighted by Gasteiger charge is 2.43. The van der Waals surface area contributed by atoms with Crippen LogP contribution >= 0.6 is 11.6 Å². The smallest absolute Gasteiger partial charge is 0.307 e. The first-order chi connectivity index (χ1) is 27.0. The first-order valence-electron chi connectivity index (χ1n) is 21.1. The number of carbonyl (C=O) groups is 5. The predicted molar refractivity (Wildman–Crippen MR) is 223 cm³/mol. The van der Waals surface area contributed by atoms with Crippen molar-refractivity contribution in [2.24, 2.45) is 35.5 Å². The minimum atomic E-state index is -1.08. The van der Waals surface area contributed by atoms with Crippen molar-refractivity contribution in [2.45, 2.75) is 124 Å². The highest BCUT2D eigenvalue weighted by atomic mass is 35.5. The molecule has 2 heterocycles. The number of benzene rings is 1. The van der Waals surface area contributed by atoms with Crippen molar-refractivity contribution < 1.29 is 38.6 Å². The zero-order valence-corrected chi connectivity index (χ0v) is 36.9. The Hall–Kier alpha value is -2.90. The fourth-order valence-corrected chi connectivity index (χ4v) is 9.32. The van der Waals surface area contributed by atoms with Gasteiger partial charge in [-0.25, -0.2) is 0 Å². The average Bonchev–Trinajstić information content (AvgIpc) is 3.66. The van der Waals surface area contributed by atoms with Crippen LogP contribution < -0.4 is 5.32 Å². The molecule has 2 fully saturated rings. The zero-order valence-electron chi connectivity index (χ0n) is 36.2. The molecular weight excluding hydrogens is 748 g/mol. The van der Waals surface area contributed by atoms with Crippen LogP contribution in [0.4, 0.5) is 0 Å². The summed E-state index contributed by atoms with van der Waals surface area (Å²) in [7, 11) is 4.86. The Morgan fingerprint density at radius 1 is 0.912 bits per heavy atom. The van der Waals surface area contributed by atoms with Gasteiger partial charge in [0.25, 0.3) is 0 Å². The van der Waals surface area contributed by atoms with E-state index in [4.69, 9.17) is 21.1 Å². The Kier molecular flexibility index (Phi) is 19.6. The molecule has 3 rings (SSSR count). The number of halogens is 1. The summed E-state index contributed by atoms with van der Waals surface area (Å²) in [6.45, 7) is 17.7. The third-order valence-electron chi connectivity index (χ3n) is 12.6. The largest absolute Gasteiger partial charge is 0.481 e.